The molecule has 0 unspecified atom stereocenters. The maximum Gasteiger partial charge on any atom is 0.306 e. The van der Waals surface area contributed by atoms with Crippen molar-refractivity contribution in [1.82, 2.24) is 4.98 Å². The van der Waals surface area contributed by atoms with Gasteiger partial charge >= 0.3 is 11.7 Å². The molecule has 0 atom stereocenters. The number of pyridine rings is 1. The average molecular weight is 242 g/mol. The Kier molecular flexibility index (Phi) is 4.71. The molecule has 0 aliphatic carbocycles. The Hall–Kier alpha value is -1.63. The Labute approximate surface area is 96.2 Å². The molecule has 7 heteroatoms. The fraction of sp³-hybridized carbons (Fsp3) is 0.333. The third-order valence-corrected chi connectivity index (χ3v) is 2.72. The van der Waals surface area contributed by atoms with Crippen molar-refractivity contribution >= 4 is 23.4 Å². The molecule has 0 amide bonds. The van der Waals surface area contributed by atoms with Crippen LogP contribution in [0.1, 0.15) is 6.42 Å². The van der Waals surface area contributed by atoms with Gasteiger partial charge in [-0.05, 0) is 6.07 Å². The van der Waals surface area contributed by atoms with Gasteiger partial charge < -0.3 is 4.74 Å². The quantitative estimate of drug-likeness (QED) is 0.338. The number of hydrogen-bond donors (Lipinski definition) is 0. The minimum Gasteiger partial charge on any atom is -0.469 e. The zero-order valence-electron chi connectivity index (χ0n) is 8.58. The third kappa shape index (κ3) is 3.50. The Morgan fingerprint density at radius 1 is 1.69 bits per heavy atom. The molecule has 0 saturated heterocycles. The molecule has 0 aromatic carbocycles. The van der Waals surface area contributed by atoms with E-state index in [1.54, 1.807) is 0 Å². The molecule has 1 aromatic heterocycles. The van der Waals surface area contributed by atoms with Crippen LogP contribution in [0.25, 0.3) is 0 Å². The highest BCUT2D eigenvalue weighted by molar-refractivity contribution is 7.99. The Morgan fingerprint density at radius 2 is 2.44 bits per heavy atom. The molecule has 1 aromatic rings. The highest BCUT2D eigenvalue weighted by atomic mass is 32.2. The van der Waals surface area contributed by atoms with Gasteiger partial charge in [0.15, 0.2) is 5.03 Å². The largest absolute Gasteiger partial charge is 0.469 e. The summed E-state index contributed by atoms with van der Waals surface area (Å²) in [5.74, 6) is 0.0657. The molecule has 0 saturated carbocycles. The van der Waals surface area contributed by atoms with Crippen molar-refractivity contribution in [3.8, 4) is 0 Å². The second-order valence-electron chi connectivity index (χ2n) is 2.76. The number of methoxy groups -OCH3 is 1. The van der Waals surface area contributed by atoms with Crippen LogP contribution < -0.4 is 0 Å². The Morgan fingerprint density at radius 3 is 3.06 bits per heavy atom. The Bertz CT molecular complexity index is 397. The van der Waals surface area contributed by atoms with Crippen molar-refractivity contribution in [2.75, 3.05) is 12.9 Å². The highest BCUT2D eigenvalue weighted by Gasteiger charge is 2.14. The van der Waals surface area contributed by atoms with Crippen LogP contribution in [0, 0.1) is 10.1 Å². The van der Waals surface area contributed by atoms with Crippen LogP contribution in [0.3, 0.4) is 0 Å². The lowest BCUT2D eigenvalue weighted by Crippen LogP contribution is -2.01. The first-order valence-corrected chi connectivity index (χ1v) is 5.42. The second kappa shape index (κ2) is 6.06. The first kappa shape index (κ1) is 12.4. The molecule has 86 valence electrons. The molecule has 0 bridgehead atoms. The van der Waals surface area contributed by atoms with Gasteiger partial charge in [0.05, 0.1) is 18.5 Å². The molecule has 6 nitrogen and oxygen atoms in total. The van der Waals surface area contributed by atoms with E-state index in [1.807, 2.05) is 0 Å². The van der Waals surface area contributed by atoms with E-state index in [2.05, 4.69) is 9.72 Å². The number of nitrogens with zero attached hydrogens (tertiary/aromatic N) is 2. The predicted molar refractivity (Wildman–Crippen MR) is 58.2 cm³/mol. The van der Waals surface area contributed by atoms with Gasteiger partial charge in [-0.3, -0.25) is 14.9 Å². The van der Waals surface area contributed by atoms with Crippen LogP contribution >= 0.6 is 11.8 Å². The number of esters is 1. The SMILES string of the molecule is COC(=O)CCSc1ncccc1[N+](=O)[O-]. The molecule has 0 N–H and O–H groups in total. The van der Waals surface area contributed by atoms with Gasteiger partial charge in [0, 0.05) is 18.0 Å². The van der Waals surface area contributed by atoms with Crippen LogP contribution in [0.5, 0.6) is 0 Å². The fourth-order valence-electron chi connectivity index (χ4n) is 0.966. The van der Waals surface area contributed by atoms with Gasteiger partial charge in [0.2, 0.25) is 0 Å². The molecule has 1 heterocycles. The summed E-state index contributed by atoms with van der Waals surface area (Å²) in [5, 5.41) is 11.0. The van der Waals surface area contributed by atoms with E-state index in [9.17, 15) is 14.9 Å². The first-order valence-electron chi connectivity index (χ1n) is 4.44. The normalized spacial score (nSPS) is 9.81. The molecule has 1 rings (SSSR count). The number of ether oxygens (including phenoxy) is 1. The summed E-state index contributed by atoms with van der Waals surface area (Å²) in [6.07, 6.45) is 1.68. The number of carbonyl (C=O) groups excluding carboxylic acids is 1. The minimum atomic E-state index is -0.493. The zero-order chi connectivity index (χ0) is 12.0. The molecule has 16 heavy (non-hydrogen) atoms. The standard InChI is InChI=1S/C9H10N2O4S/c1-15-8(12)4-6-16-9-7(11(13)14)3-2-5-10-9/h2-3,5H,4,6H2,1H3. The molecular formula is C9H10N2O4S. The minimum absolute atomic E-state index is 0.0441. The summed E-state index contributed by atoms with van der Waals surface area (Å²) in [4.78, 5) is 24.9. The summed E-state index contributed by atoms with van der Waals surface area (Å²) in [5.41, 5.74) is -0.0441. The van der Waals surface area contributed by atoms with E-state index >= 15 is 0 Å². The van der Waals surface area contributed by atoms with Crippen molar-refractivity contribution in [2.24, 2.45) is 0 Å². The van der Waals surface area contributed by atoms with Crippen molar-refractivity contribution in [1.29, 1.82) is 0 Å². The highest BCUT2D eigenvalue weighted by Crippen LogP contribution is 2.26. The topological polar surface area (TPSA) is 82.3 Å². The summed E-state index contributed by atoms with van der Waals surface area (Å²) in [6, 6.07) is 2.88. The van der Waals surface area contributed by atoms with Crippen LogP contribution in [0.4, 0.5) is 5.69 Å². The lowest BCUT2D eigenvalue weighted by molar-refractivity contribution is -0.388. The maximum absolute atomic E-state index is 10.8. The summed E-state index contributed by atoms with van der Waals surface area (Å²) in [7, 11) is 1.30. The molecule has 0 aliphatic heterocycles. The van der Waals surface area contributed by atoms with E-state index in [0.29, 0.717) is 10.8 Å². The van der Waals surface area contributed by atoms with Crippen molar-refractivity contribution in [2.45, 2.75) is 11.4 Å². The van der Waals surface area contributed by atoms with E-state index in [-0.39, 0.29) is 18.1 Å². The monoisotopic (exact) mass is 242 g/mol. The molecule has 0 radical (unpaired) electrons. The van der Waals surface area contributed by atoms with Crippen LogP contribution in [0.2, 0.25) is 0 Å². The predicted octanol–water partition coefficient (Wildman–Crippen LogP) is 1.64. The Balaban J connectivity index is 2.60. The number of thioether (sulfide) groups is 1. The molecule has 0 aliphatic rings. The number of hydrogen-bond acceptors (Lipinski definition) is 6. The number of carbonyl (C=O) groups is 1. The number of aromatic nitrogens is 1. The van der Waals surface area contributed by atoms with Crippen molar-refractivity contribution in [3.63, 3.8) is 0 Å². The van der Waals surface area contributed by atoms with Gasteiger partial charge in [-0.15, -0.1) is 0 Å². The van der Waals surface area contributed by atoms with E-state index in [4.69, 9.17) is 0 Å². The van der Waals surface area contributed by atoms with Gasteiger partial charge in [0.1, 0.15) is 0 Å². The van der Waals surface area contributed by atoms with Gasteiger partial charge in [-0.1, -0.05) is 11.8 Å². The van der Waals surface area contributed by atoms with Gasteiger partial charge in [0.25, 0.3) is 0 Å². The number of rotatable bonds is 5. The fourth-order valence-corrected chi connectivity index (χ4v) is 1.85. The van der Waals surface area contributed by atoms with Crippen LogP contribution in [0.15, 0.2) is 23.4 Å². The van der Waals surface area contributed by atoms with Crippen LogP contribution in [-0.4, -0.2) is 28.7 Å². The van der Waals surface area contributed by atoms with E-state index in [0.717, 1.165) is 0 Å². The maximum atomic E-state index is 10.8. The third-order valence-electron chi connectivity index (χ3n) is 1.72. The zero-order valence-corrected chi connectivity index (χ0v) is 9.40. The molecule has 0 fully saturated rings. The molecule has 0 spiro atoms. The lowest BCUT2D eigenvalue weighted by Gasteiger charge is -2.00. The molecular weight excluding hydrogens is 232 g/mol. The first-order chi connectivity index (χ1) is 7.65. The van der Waals surface area contributed by atoms with Crippen molar-refractivity contribution in [3.05, 3.63) is 28.4 Å². The summed E-state index contributed by atoms with van der Waals surface area (Å²) < 4.78 is 4.46. The van der Waals surface area contributed by atoms with Crippen LogP contribution in [-0.2, 0) is 9.53 Å². The summed E-state index contributed by atoms with van der Waals surface area (Å²) >= 11 is 1.17. The van der Waals surface area contributed by atoms with Gasteiger partial charge in [-0.25, -0.2) is 4.98 Å². The average Bonchev–Trinajstić information content (AvgIpc) is 2.29. The number of nitro groups is 1. The van der Waals surface area contributed by atoms with E-state index < -0.39 is 4.92 Å². The lowest BCUT2D eigenvalue weighted by atomic mass is 10.4. The van der Waals surface area contributed by atoms with E-state index in [1.165, 1.54) is 37.2 Å². The van der Waals surface area contributed by atoms with Crippen molar-refractivity contribution < 1.29 is 14.5 Å². The van der Waals surface area contributed by atoms with Gasteiger partial charge in [-0.2, -0.15) is 0 Å². The summed E-state index contributed by atoms with van der Waals surface area (Å²) in [6.45, 7) is 0. The second-order valence-corrected chi connectivity index (χ2v) is 3.84. The smallest absolute Gasteiger partial charge is 0.306 e.